The van der Waals surface area contributed by atoms with Crippen molar-refractivity contribution < 1.29 is 18.3 Å². The van der Waals surface area contributed by atoms with Gasteiger partial charge in [0.25, 0.3) is 0 Å². The summed E-state index contributed by atoms with van der Waals surface area (Å²) in [6, 6.07) is 6.12. The molecule has 1 aromatic heterocycles. The molecule has 0 bridgehead atoms. The summed E-state index contributed by atoms with van der Waals surface area (Å²) in [6.45, 7) is -0.288. The Labute approximate surface area is 112 Å². The van der Waals surface area contributed by atoms with E-state index in [0.29, 0.717) is 21.8 Å². The summed E-state index contributed by atoms with van der Waals surface area (Å²) < 4.78 is 37.3. The van der Waals surface area contributed by atoms with Gasteiger partial charge in [-0.05, 0) is 18.2 Å². The maximum atomic E-state index is 12.4. The van der Waals surface area contributed by atoms with Gasteiger partial charge in [-0.2, -0.15) is 13.2 Å². The van der Waals surface area contributed by atoms with Gasteiger partial charge in [0.15, 0.2) is 0 Å². The molecule has 0 fully saturated rings. The van der Waals surface area contributed by atoms with Crippen LogP contribution in [0, 0.1) is 0 Å². The molecule has 0 atom stereocenters. The van der Waals surface area contributed by atoms with E-state index < -0.39 is 11.7 Å². The Balaban J connectivity index is 2.43. The van der Waals surface area contributed by atoms with Gasteiger partial charge >= 0.3 is 6.18 Å². The third-order valence-corrected chi connectivity index (χ3v) is 2.80. The first-order valence-corrected chi connectivity index (χ1v) is 5.72. The van der Waals surface area contributed by atoms with Gasteiger partial charge in [-0.1, -0.05) is 23.7 Å². The van der Waals surface area contributed by atoms with Crippen molar-refractivity contribution in [1.29, 1.82) is 0 Å². The molecular formula is C13H9ClF3NO. The van der Waals surface area contributed by atoms with Crippen LogP contribution in [-0.2, 0) is 12.8 Å². The maximum absolute atomic E-state index is 12.4. The molecule has 2 aromatic rings. The predicted molar refractivity (Wildman–Crippen MR) is 65.6 cm³/mol. The van der Waals surface area contributed by atoms with Crippen LogP contribution in [0.1, 0.15) is 11.1 Å². The number of hydrogen-bond donors (Lipinski definition) is 1. The number of aliphatic hydroxyl groups excluding tert-OH is 1. The van der Waals surface area contributed by atoms with Gasteiger partial charge in [-0.15, -0.1) is 0 Å². The number of pyridine rings is 1. The lowest BCUT2D eigenvalue weighted by Crippen LogP contribution is -2.04. The van der Waals surface area contributed by atoms with Crippen LogP contribution in [0.5, 0.6) is 0 Å². The molecule has 19 heavy (non-hydrogen) atoms. The topological polar surface area (TPSA) is 33.1 Å². The van der Waals surface area contributed by atoms with E-state index in [0.717, 1.165) is 12.1 Å². The van der Waals surface area contributed by atoms with Gasteiger partial charge in [-0.3, -0.25) is 4.98 Å². The average molecular weight is 288 g/mol. The number of halogens is 4. The molecule has 2 rings (SSSR count). The van der Waals surface area contributed by atoms with Crippen molar-refractivity contribution >= 4 is 11.6 Å². The highest BCUT2D eigenvalue weighted by molar-refractivity contribution is 6.30. The fourth-order valence-corrected chi connectivity index (χ4v) is 1.86. The standard InChI is InChI=1S/C13H9ClF3NO/c14-11-5-9(7-19)12(18-6-11)8-1-3-10(4-2-8)13(15,16)17/h1-6,19H,7H2. The summed E-state index contributed by atoms with van der Waals surface area (Å²) in [6.07, 6.45) is -2.99. The second-order valence-electron chi connectivity index (χ2n) is 3.89. The molecule has 1 N–H and O–H groups in total. The second kappa shape index (κ2) is 5.19. The van der Waals surface area contributed by atoms with Crippen LogP contribution in [0.3, 0.4) is 0 Å². The van der Waals surface area contributed by atoms with Crippen LogP contribution in [0.4, 0.5) is 13.2 Å². The minimum atomic E-state index is -4.37. The van der Waals surface area contributed by atoms with Crippen molar-refractivity contribution in [2.45, 2.75) is 12.8 Å². The first-order valence-electron chi connectivity index (χ1n) is 5.34. The highest BCUT2D eigenvalue weighted by atomic mass is 35.5. The van der Waals surface area contributed by atoms with Crippen molar-refractivity contribution in [3.8, 4) is 11.3 Å². The zero-order valence-corrected chi connectivity index (χ0v) is 10.3. The summed E-state index contributed by atoms with van der Waals surface area (Å²) in [7, 11) is 0. The van der Waals surface area contributed by atoms with Gasteiger partial charge in [-0.25, -0.2) is 0 Å². The predicted octanol–water partition coefficient (Wildman–Crippen LogP) is 3.91. The van der Waals surface area contributed by atoms with E-state index in [1.54, 1.807) is 0 Å². The van der Waals surface area contributed by atoms with Crippen molar-refractivity contribution in [3.63, 3.8) is 0 Å². The second-order valence-corrected chi connectivity index (χ2v) is 4.33. The third-order valence-electron chi connectivity index (χ3n) is 2.59. The monoisotopic (exact) mass is 287 g/mol. The van der Waals surface area contributed by atoms with Crippen LogP contribution >= 0.6 is 11.6 Å². The number of rotatable bonds is 2. The van der Waals surface area contributed by atoms with E-state index in [9.17, 15) is 18.3 Å². The van der Waals surface area contributed by atoms with Gasteiger partial charge in [0.1, 0.15) is 0 Å². The van der Waals surface area contributed by atoms with E-state index in [1.807, 2.05) is 0 Å². The summed E-state index contributed by atoms with van der Waals surface area (Å²) in [5, 5.41) is 9.57. The number of nitrogens with zero attached hydrogens (tertiary/aromatic N) is 1. The van der Waals surface area contributed by atoms with Crippen molar-refractivity contribution in [2.75, 3.05) is 0 Å². The first kappa shape index (κ1) is 13.8. The number of aromatic nitrogens is 1. The van der Waals surface area contributed by atoms with Crippen LogP contribution in [0.15, 0.2) is 36.5 Å². The highest BCUT2D eigenvalue weighted by Crippen LogP contribution is 2.31. The fraction of sp³-hybridized carbons (Fsp3) is 0.154. The Morgan fingerprint density at radius 1 is 1.16 bits per heavy atom. The Bertz CT molecular complexity index is 581. The van der Waals surface area contributed by atoms with E-state index in [4.69, 9.17) is 11.6 Å². The lowest BCUT2D eigenvalue weighted by molar-refractivity contribution is -0.137. The van der Waals surface area contributed by atoms with Crippen LogP contribution < -0.4 is 0 Å². The summed E-state index contributed by atoms with van der Waals surface area (Å²) in [5.74, 6) is 0. The summed E-state index contributed by atoms with van der Waals surface area (Å²) >= 11 is 5.75. The molecule has 0 amide bonds. The minimum Gasteiger partial charge on any atom is -0.392 e. The normalized spacial score (nSPS) is 11.6. The zero-order chi connectivity index (χ0) is 14.0. The smallest absolute Gasteiger partial charge is 0.392 e. The Morgan fingerprint density at radius 2 is 1.79 bits per heavy atom. The molecule has 0 saturated carbocycles. The van der Waals surface area contributed by atoms with E-state index in [1.165, 1.54) is 24.4 Å². The molecular weight excluding hydrogens is 279 g/mol. The van der Waals surface area contributed by atoms with Gasteiger partial charge in [0, 0.05) is 17.3 Å². The maximum Gasteiger partial charge on any atom is 0.416 e. The number of aliphatic hydroxyl groups is 1. The Hall–Kier alpha value is -1.59. The molecule has 0 aliphatic rings. The van der Waals surface area contributed by atoms with Crippen LogP contribution in [0.25, 0.3) is 11.3 Å². The molecule has 100 valence electrons. The molecule has 0 radical (unpaired) electrons. The average Bonchev–Trinajstić information content (AvgIpc) is 2.37. The van der Waals surface area contributed by atoms with Crippen molar-refractivity contribution in [3.05, 3.63) is 52.7 Å². The van der Waals surface area contributed by atoms with E-state index >= 15 is 0 Å². The molecule has 0 aliphatic carbocycles. The lowest BCUT2D eigenvalue weighted by Gasteiger charge is -2.09. The van der Waals surface area contributed by atoms with Gasteiger partial charge in [0.05, 0.1) is 22.9 Å². The highest BCUT2D eigenvalue weighted by Gasteiger charge is 2.30. The summed E-state index contributed by atoms with van der Waals surface area (Å²) in [4.78, 5) is 4.04. The van der Waals surface area contributed by atoms with E-state index in [2.05, 4.69) is 4.98 Å². The lowest BCUT2D eigenvalue weighted by atomic mass is 10.0. The van der Waals surface area contributed by atoms with Crippen molar-refractivity contribution in [1.82, 2.24) is 4.98 Å². The molecule has 0 aliphatic heterocycles. The number of hydrogen-bond acceptors (Lipinski definition) is 2. The van der Waals surface area contributed by atoms with E-state index in [-0.39, 0.29) is 6.61 Å². The number of alkyl halides is 3. The molecule has 2 nitrogen and oxygen atoms in total. The Morgan fingerprint density at radius 3 is 2.32 bits per heavy atom. The quantitative estimate of drug-likeness (QED) is 0.908. The zero-order valence-electron chi connectivity index (χ0n) is 9.58. The van der Waals surface area contributed by atoms with Crippen LogP contribution in [-0.4, -0.2) is 10.1 Å². The third kappa shape index (κ3) is 3.05. The van der Waals surface area contributed by atoms with Gasteiger partial charge < -0.3 is 5.11 Å². The molecule has 6 heteroatoms. The fourth-order valence-electron chi connectivity index (χ4n) is 1.68. The molecule has 0 saturated heterocycles. The molecule has 0 spiro atoms. The molecule has 0 unspecified atom stereocenters. The SMILES string of the molecule is OCc1cc(Cl)cnc1-c1ccc(C(F)(F)F)cc1. The molecule has 1 heterocycles. The van der Waals surface area contributed by atoms with Crippen LogP contribution in [0.2, 0.25) is 5.02 Å². The Kier molecular flexibility index (Phi) is 3.78. The first-order chi connectivity index (χ1) is 8.91. The van der Waals surface area contributed by atoms with Gasteiger partial charge in [0.2, 0.25) is 0 Å². The summed E-state index contributed by atoms with van der Waals surface area (Å²) in [5.41, 5.74) is 0.650. The minimum absolute atomic E-state index is 0.288. The molecule has 1 aromatic carbocycles. The van der Waals surface area contributed by atoms with Crippen molar-refractivity contribution in [2.24, 2.45) is 0 Å². The largest absolute Gasteiger partial charge is 0.416 e. The number of benzene rings is 1.